The van der Waals surface area contributed by atoms with Crippen LogP contribution in [0.2, 0.25) is 0 Å². The number of hydrogen-bond donors (Lipinski definition) is 2. The molecule has 0 heterocycles. The third-order valence-electron chi connectivity index (χ3n) is 0. The second-order valence-corrected chi connectivity index (χ2v) is 0.632. The molecule has 0 saturated carbocycles. The number of halogens is 2. The van der Waals surface area contributed by atoms with E-state index in [1.54, 1.807) is 13.8 Å². The largest absolute Gasteiger partial charge is 0.397 e. The minimum absolute atomic E-state index is 0. The topological polar surface area (TPSA) is 40.5 Å². The van der Waals surface area contributed by atoms with Crippen LogP contribution in [-0.2, 0) is 0 Å². The zero-order valence-electron chi connectivity index (χ0n) is 5.06. The van der Waals surface area contributed by atoms with Crippen LogP contribution in [0.1, 0.15) is 28.7 Å². The predicted octanol–water partition coefficient (Wildman–Crippen LogP) is 3.04. The average molecular weight is 378 g/mol. The average Bonchev–Trinajstić information content (AvgIpc) is 1.75. The van der Waals surface area contributed by atoms with Crippen molar-refractivity contribution in [2.75, 3.05) is 13.2 Å². The summed E-state index contributed by atoms with van der Waals surface area (Å²) >= 11 is 4.24. The quantitative estimate of drug-likeness (QED) is 0.637. The fourth-order valence-corrected chi connectivity index (χ4v) is 0. The Kier molecular flexibility index (Phi) is 241. The molecule has 0 aromatic carbocycles. The van der Waals surface area contributed by atoms with Gasteiger partial charge in [0.05, 0.1) is 0 Å². The molecule has 0 aliphatic rings. The molecule has 0 fully saturated rings. The molecule has 0 bridgehead atoms. The first-order valence-electron chi connectivity index (χ1n) is 2.19. The van der Waals surface area contributed by atoms with Gasteiger partial charge < -0.3 is 10.2 Å². The minimum atomic E-state index is 0. The molecule has 0 aliphatic carbocycles. The van der Waals surface area contributed by atoms with E-state index in [9.17, 15) is 0 Å². The summed E-state index contributed by atoms with van der Waals surface area (Å²) in [5.74, 6) is 0. The summed E-state index contributed by atoms with van der Waals surface area (Å²) in [5.41, 5.74) is 0. The van der Waals surface area contributed by atoms with E-state index in [2.05, 4.69) is 37.2 Å². The number of aliphatic hydroxyl groups excluding tert-OH is 2. The molecule has 0 amide bonds. The third kappa shape index (κ3) is 346. The molecule has 0 aromatic heterocycles. The molecular weight excluding hydrogens is 358 g/mol. The lowest BCUT2D eigenvalue weighted by molar-refractivity contribution is 0.318. The van der Waals surface area contributed by atoms with E-state index in [1.165, 1.54) is 0 Å². The van der Waals surface area contributed by atoms with Gasteiger partial charge in [-0.3, -0.25) is 0 Å². The van der Waals surface area contributed by atoms with E-state index >= 15 is 0 Å². The normalized spacial score (nSPS) is 4.20. The van der Waals surface area contributed by atoms with Gasteiger partial charge in [-0.25, -0.2) is 0 Å². The predicted molar refractivity (Wildman–Crippen MR) is 67.0 cm³/mol. The van der Waals surface area contributed by atoms with Crippen LogP contribution in [0.4, 0.5) is 0 Å². The van der Waals surface area contributed by atoms with Gasteiger partial charge in [0.1, 0.15) is 0 Å². The van der Waals surface area contributed by atoms with E-state index in [0.717, 1.165) is 0 Å². The zero-order valence-corrected chi connectivity index (χ0v) is 9.38. The minimum Gasteiger partial charge on any atom is -0.397 e. The van der Waals surface area contributed by atoms with Crippen LogP contribution < -0.4 is 0 Å². The Balaban J connectivity index is -0.0000000116. The van der Waals surface area contributed by atoms with Crippen LogP contribution in [0, 0.1) is 0 Å². The molecule has 0 unspecified atom stereocenters. The Morgan fingerprint density at radius 1 is 0.900 bits per heavy atom. The summed E-state index contributed by atoms with van der Waals surface area (Å²) in [6, 6.07) is 0. The molecule has 4 heteroatoms. The molecule has 0 radical (unpaired) electrons. The monoisotopic (exact) mass is 378 g/mol. The Morgan fingerprint density at radius 3 is 0.900 bits per heavy atom. The second-order valence-electron chi connectivity index (χ2n) is 0.632. The second kappa shape index (κ2) is 79.9. The Morgan fingerprint density at radius 2 is 0.900 bits per heavy atom. The molecule has 10 heavy (non-hydrogen) atoms. The van der Waals surface area contributed by atoms with Crippen molar-refractivity contribution in [3.8, 4) is 0 Å². The Bertz CT molecular complexity index is 15.7. The highest BCUT2D eigenvalue weighted by Crippen LogP contribution is 1.89. The smallest absolute Gasteiger partial charge is 0.0402 e. The van der Waals surface area contributed by atoms with Crippen LogP contribution in [0.15, 0.2) is 0 Å². The van der Waals surface area contributed by atoms with E-state index in [-0.39, 0.29) is 28.1 Å². The van der Waals surface area contributed by atoms with Crippen LogP contribution in [-0.4, -0.2) is 23.4 Å². The summed E-state index contributed by atoms with van der Waals surface area (Å²) in [5, 5.41) is 15.1. The van der Waals surface area contributed by atoms with Gasteiger partial charge in [0, 0.05) is 50.4 Å². The molecule has 0 aromatic rings. The lowest BCUT2D eigenvalue weighted by Gasteiger charge is -1.52. The van der Waals surface area contributed by atoms with Crippen LogP contribution in [0.25, 0.3) is 0 Å². The van der Waals surface area contributed by atoms with Gasteiger partial charge in [0.25, 0.3) is 0 Å². The fourth-order valence-electron chi connectivity index (χ4n) is 0. The fraction of sp³-hybridized carbons (Fsp3) is 1.00. The van der Waals surface area contributed by atoms with Crippen LogP contribution in [0.5, 0.6) is 0 Å². The van der Waals surface area contributed by atoms with E-state index in [1.807, 2.05) is 0 Å². The molecule has 0 atom stereocenters. The lowest BCUT2D eigenvalue weighted by atomic mass is 10.9. The van der Waals surface area contributed by atoms with Crippen molar-refractivity contribution in [1.82, 2.24) is 0 Å². The maximum Gasteiger partial charge on any atom is 0.0402 e. The SMILES string of the molecule is C.C.CCO.CCO.II. The van der Waals surface area contributed by atoms with Crippen LogP contribution >= 0.6 is 37.2 Å². The molecule has 0 aliphatic heterocycles. The first kappa shape index (κ1) is 30.1. The lowest BCUT2D eigenvalue weighted by Crippen LogP contribution is -1.57. The first-order chi connectivity index (χ1) is 3.83. The van der Waals surface area contributed by atoms with Crippen molar-refractivity contribution < 1.29 is 10.2 Å². The van der Waals surface area contributed by atoms with Gasteiger partial charge in [-0.2, -0.15) is 0 Å². The zero-order chi connectivity index (χ0) is 7.41. The highest BCUT2D eigenvalue weighted by atomic mass is 128. The van der Waals surface area contributed by atoms with Gasteiger partial charge in [0.15, 0.2) is 0 Å². The summed E-state index contributed by atoms with van der Waals surface area (Å²) in [7, 11) is 0. The van der Waals surface area contributed by atoms with Crippen molar-refractivity contribution in [3.63, 3.8) is 0 Å². The van der Waals surface area contributed by atoms with Crippen molar-refractivity contribution in [2.24, 2.45) is 0 Å². The number of hydrogen-bond acceptors (Lipinski definition) is 2. The molecule has 0 spiro atoms. The molecular formula is C6H20I2O2. The summed E-state index contributed by atoms with van der Waals surface area (Å²) in [6.07, 6.45) is 0. The Labute approximate surface area is 88.7 Å². The van der Waals surface area contributed by atoms with Gasteiger partial charge in [-0.15, -0.1) is 0 Å². The molecule has 70 valence electrons. The molecule has 2 N–H and O–H groups in total. The standard InChI is InChI=1S/2C2H6O.2CH4.I2/c2*1-2-3;;;1-2/h2*3H,2H2,1H3;2*1H4;. The highest BCUT2D eigenvalue weighted by molar-refractivity contribution is 15.0. The first-order valence-corrected chi connectivity index (χ1v) is 8.48. The molecule has 0 rings (SSSR count). The van der Waals surface area contributed by atoms with Gasteiger partial charge in [0.2, 0.25) is 0 Å². The van der Waals surface area contributed by atoms with E-state index in [0.29, 0.717) is 0 Å². The molecule has 0 saturated heterocycles. The summed E-state index contributed by atoms with van der Waals surface area (Å²) in [4.78, 5) is 0. The van der Waals surface area contributed by atoms with Crippen molar-refractivity contribution >= 4 is 37.2 Å². The van der Waals surface area contributed by atoms with Crippen LogP contribution in [0.3, 0.4) is 0 Å². The van der Waals surface area contributed by atoms with Crippen molar-refractivity contribution in [1.29, 1.82) is 0 Å². The van der Waals surface area contributed by atoms with Gasteiger partial charge in [-0.05, 0) is 13.8 Å². The van der Waals surface area contributed by atoms with E-state index in [4.69, 9.17) is 10.2 Å². The molecule has 2 nitrogen and oxygen atoms in total. The highest BCUT2D eigenvalue weighted by Gasteiger charge is 1.34. The van der Waals surface area contributed by atoms with Crippen molar-refractivity contribution in [2.45, 2.75) is 28.7 Å². The number of aliphatic hydroxyl groups is 2. The maximum absolute atomic E-state index is 7.57. The number of rotatable bonds is 0. The van der Waals surface area contributed by atoms with E-state index < -0.39 is 0 Å². The third-order valence-corrected chi connectivity index (χ3v) is 0. The summed E-state index contributed by atoms with van der Waals surface area (Å²) < 4.78 is 0. The van der Waals surface area contributed by atoms with Gasteiger partial charge >= 0.3 is 0 Å². The van der Waals surface area contributed by atoms with Gasteiger partial charge in [-0.1, -0.05) is 14.9 Å². The Hall–Kier alpha value is 1.38. The summed E-state index contributed by atoms with van der Waals surface area (Å²) in [6.45, 7) is 3.86. The maximum atomic E-state index is 7.57. The van der Waals surface area contributed by atoms with Crippen molar-refractivity contribution in [3.05, 3.63) is 0 Å².